The van der Waals surface area contributed by atoms with Crippen molar-refractivity contribution < 1.29 is 19.4 Å². The van der Waals surface area contributed by atoms with Gasteiger partial charge in [0.15, 0.2) is 0 Å². The van der Waals surface area contributed by atoms with E-state index < -0.39 is 0 Å². The van der Waals surface area contributed by atoms with Gasteiger partial charge in [-0.1, -0.05) is 6.07 Å². The molecule has 1 fully saturated rings. The molecule has 2 aromatic carbocycles. The fourth-order valence-corrected chi connectivity index (χ4v) is 4.17. The summed E-state index contributed by atoms with van der Waals surface area (Å²) in [7, 11) is 1.67. The lowest BCUT2D eigenvalue weighted by atomic mass is 9.79. The monoisotopic (exact) mass is 368 g/mol. The predicted octanol–water partition coefficient (Wildman–Crippen LogP) is 2.69. The van der Waals surface area contributed by atoms with Gasteiger partial charge in [0, 0.05) is 18.8 Å². The smallest absolute Gasteiger partial charge is 0.256 e. The van der Waals surface area contributed by atoms with Crippen molar-refractivity contribution in [3.63, 3.8) is 0 Å². The number of aromatic hydroxyl groups is 1. The van der Waals surface area contributed by atoms with Crippen LogP contribution in [-0.2, 0) is 16.8 Å². The molecule has 2 aromatic rings. The Bertz CT molecular complexity index is 872. The SMILES string of the molecule is COc1ccc2c(c1)CCOC21CCN(C(=O)c2cc(O)ccc2N)CC1. The van der Waals surface area contributed by atoms with Crippen LogP contribution in [-0.4, -0.2) is 42.7 Å². The Labute approximate surface area is 158 Å². The minimum absolute atomic E-state index is 0.0412. The molecule has 2 aliphatic rings. The molecule has 2 heterocycles. The number of carbonyl (C=O) groups excluding carboxylic acids is 1. The van der Waals surface area contributed by atoms with E-state index in [1.54, 1.807) is 18.1 Å². The first kappa shape index (κ1) is 17.7. The van der Waals surface area contributed by atoms with Gasteiger partial charge in [0.05, 0.1) is 24.9 Å². The number of hydrogen-bond donors (Lipinski definition) is 2. The summed E-state index contributed by atoms with van der Waals surface area (Å²) >= 11 is 0. The highest BCUT2D eigenvalue weighted by Gasteiger charge is 2.42. The number of nitrogens with zero attached hydrogens (tertiary/aromatic N) is 1. The van der Waals surface area contributed by atoms with E-state index in [0.29, 0.717) is 30.9 Å². The largest absolute Gasteiger partial charge is 0.508 e. The second-order valence-corrected chi connectivity index (χ2v) is 7.18. The molecule has 2 aliphatic heterocycles. The van der Waals surface area contributed by atoms with Crippen LogP contribution < -0.4 is 10.5 Å². The van der Waals surface area contributed by atoms with Crippen molar-refractivity contribution in [1.82, 2.24) is 4.90 Å². The fraction of sp³-hybridized carbons (Fsp3) is 0.381. The number of hydrogen-bond acceptors (Lipinski definition) is 5. The van der Waals surface area contributed by atoms with E-state index in [-0.39, 0.29) is 17.3 Å². The molecule has 0 saturated carbocycles. The molecule has 4 rings (SSSR count). The van der Waals surface area contributed by atoms with Crippen molar-refractivity contribution in [2.45, 2.75) is 24.9 Å². The van der Waals surface area contributed by atoms with Crippen LogP contribution in [0.15, 0.2) is 36.4 Å². The molecule has 0 unspecified atom stereocenters. The molecule has 0 atom stereocenters. The summed E-state index contributed by atoms with van der Waals surface area (Å²) in [4.78, 5) is 14.6. The number of amides is 1. The Morgan fingerprint density at radius 1 is 1.22 bits per heavy atom. The average molecular weight is 368 g/mol. The Morgan fingerprint density at radius 2 is 2.00 bits per heavy atom. The highest BCUT2D eigenvalue weighted by molar-refractivity contribution is 5.99. The Hall–Kier alpha value is -2.73. The van der Waals surface area contributed by atoms with Gasteiger partial charge in [-0.2, -0.15) is 0 Å². The lowest BCUT2D eigenvalue weighted by Crippen LogP contribution is -2.48. The minimum Gasteiger partial charge on any atom is -0.508 e. The number of ether oxygens (including phenoxy) is 2. The first-order chi connectivity index (χ1) is 13.0. The first-order valence-corrected chi connectivity index (χ1v) is 9.21. The van der Waals surface area contributed by atoms with Crippen molar-refractivity contribution in [2.24, 2.45) is 0 Å². The molecule has 6 heteroatoms. The second-order valence-electron chi connectivity index (χ2n) is 7.18. The predicted molar refractivity (Wildman–Crippen MR) is 102 cm³/mol. The Morgan fingerprint density at radius 3 is 2.74 bits per heavy atom. The van der Waals surface area contributed by atoms with E-state index >= 15 is 0 Å². The molecule has 3 N–H and O–H groups in total. The van der Waals surface area contributed by atoms with Crippen LogP contribution >= 0.6 is 0 Å². The molecule has 1 saturated heterocycles. The van der Waals surface area contributed by atoms with Crippen molar-refractivity contribution in [3.8, 4) is 11.5 Å². The number of benzene rings is 2. The quantitative estimate of drug-likeness (QED) is 0.629. The summed E-state index contributed by atoms with van der Waals surface area (Å²) in [5, 5.41) is 9.68. The van der Waals surface area contributed by atoms with Crippen LogP contribution in [0.2, 0.25) is 0 Å². The van der Waals surface area contributed by atoms with Crippen molar-refractivity contribution in [3.05, 3.63) is 53.1 Å². The molecule has 0 radical (unpaired) electrons. The zero-order valence-electron chi connectivity index (χ0n) is 15.4. The lowest BCUT2D eigenvalue weighted by Gasteiger charge is -2.45. The van der Waals surface area contributed by atoms with Crippen LogP contribution in [0.25, 0.3) is 0 Å². The van der Waals surface area contributed by atoms with Gasteiger partial charge in [0.2, 0.25) is 0 Å². The number of fused-ring (bicyclic) bond motifs is 2. The highest BCUT2D eigenvalue weighted by atomic mass is 16.5. The molecule has 6 nitrogen and oxygen atoms in total. The third kappa shape index (κ3) is 3.10. The summed E-state index contributed by atoms with van der Waals surface area (Å²) in [6.07, 6.45) is 2.34. The summed E-state index contributed by atoms with van der Waals surface area (Å²) in [6.45, 7) is 1.84. The van der Waals surface area contributed by atoms with E-state index in [9.17, 15) is 9.90 Å². The zero-order chi connectivity index (χ0) is 19.0. The molecule has 0 bridgehead atoms. The van der Waals surface area contributed by atoms with Crippen molar-refractivity contribution >= 4 is 11.6 Å². The number of phenolic OH excluding ortho intramolecular Hbond substituents is 1. The Balaban J connectivity index is 1.54. The summed E-state index contributed by atoms with van der Waals surface area (Å²) in [5.74, 6) is 0.751. The van der Waals surface area contributed by atoms with Gasteiger partial charge < -0.3 is 25.2 Å². The third-order valence-corrected chi connectivity index (χ3v) is 5.68. The number of carbonyl (C=O) groups is 1. The summed E-state index contributed by atoms with van der Waals surface area (Å²) < 4.78 is 11.6. The summed E-state index contributed by atoms with van der Waals surface area (Å²) in [6, 6.07) is 10.6. The Kier molecular flexibility index (Phi) is 4.44. The molecule has 1 amide bonds. The number of rotatable bonds is 2. The second kappa shape index (κ2) is 6.78. The van der Waals surface area contributed by atoms with Crippen molar-refractivity contribution in [2.75, 3.05) is 32.5 Å². The molecule has 1 spiro atoms. The standard InChI is InChI=1S/C21H24N2O4/c1-26-16-3-4-18-14(12-16)6-11-27-21(18)7-9-23(10-8-21)20(25)17-13-15(24)2-5-19(17)22/h2-5,12-13,24H,6-11,22H2,1H3. The van der Waals surface area contributed by atoms with E-state index in [0.717, 1.165) is 25.0 Å². The summed E-state index contributed by atoms with van der Waals surface area (Å²) in [5.41, 5.74) is 8.78. The molecular weight excluding hydrogens is 344 g/mol. The topological polar surface area (TPSA) is 85.0 Å². The number of phenols is 1. The third-order valence-electron chi connectivity index (χ3n) is 5.68. The number of nitrogen functional groups attached to an aromatic ring is 1. The van der Waals surface area contributed by atoms with Gasteiger partial charge >= 0.3 is 0 Å². The fourth-order valence-electron chi connectivity index (χ4n) is 4.17. The molecule has 0 aromatic heterocycles. The number of methoxy groups -OCH3 is 1. The highest BCUT2D eigenvalue weighted by Crippen LogP contribution is 2.42. The maximum absolute atomic E-state index is 12.9. The average Bonchev–Trinajstić information content (AvgIpc) is 2.70. The first-order valence-electron chi connectivity index (χ1n) is 9.21. The van der Waals surface area contributed by atoms with Gasteiger partial charge in [-0.25, -0.2) is 0 Å². The normalized spacial score (nSPS) is 18.2. The van der Waals surface area contributed by atoms with Gasteiger partial charge in [-0.15, -0.1) is 0 Å². The van der Waals surface area contributed by atoms with Gasteiger partial charge in [0.25, 0.3) is 5.91 Å². The molecule has 0 aliphatic carbocycles. The zero-order valence-corrected chi connectivity index (χ0v) is 15.4. The van der Waals surface area contributed by atoms with Gasteiger partial charge in [-0.05, 0) is 60.7 Å². The maximum Gasteiger partial charge on any atom is 0.256 e. The van der Waals surface area contributed by atoms with E-state index in [2.05, 4.69) is 12.1 Å². The molecular formula is C21H24N2O4. The van der Waals surface area contributed by atoms with E-state index in [1.165, 1.54) is 23.3 Å². The number of piperidine rings is 1. The van der Waals surface area contributed by atoms with E-state index in [4.69, 9.17) is 15.2 Å². The number of anilines is 1. The van der Waals surface area contributed by atoms with Crippen LogP contribution in [0.5, 0.6) is 11.5 Å². The maximum atomic E-state index is 12.9. The lowest BCUT2D eigenvalue weighted by molar-refractivity contribution is -0.0935. The number of nitrogens with two attached hydrogens (primary N) is 1. The van der Waals surface area contributed by atoms with Crippen LogP contribution in [0.1, 0.15) is 34.3 Å². The minimum atomic E-state index is -0.346. The van der Waals surface area contributed by atoms with Crippen LogP contribution in [0.4, 0.5) is 5.69 Å². The molecule has 142 valence electrons. The molecule has 27 heavy (non-hydrogen) atoms. The van der Waals surface area contributed by atoms with Crippen LogP contribution in [0.3, 0.4) is 0 Å². The van der Waals surface area contributed by atoms with Gasteiger partial charge in [0.1, 0.15) is 11.5 Å². The number of likely N-dealkylation sites (tertiary alicyclic amines) is 1. The van der Waals surface area contributed by atoms with E-state index in [1.807, 2.05) is 6.07 Å². The van der Waals surface area contributed by atoms with Crippen LogP contribution in [0, 0.1) is 0 Å². The van der Waals surface area contributed by atoms with Crippen molar-refractivity contribution in [1.29, 1.82) is 0 Å². The van der Waals surface area contributed by atoms with Gasteiger partial charge in [-0.3, -0.25) is 4.79 Å².